The van der Waals surface area contributed by atoms with E-state index in [2.05, 4.69) is 48.3 Å². The van der Waals surface area contributed by atoms with E-state index >= 15 is 0 Å². The molecular weight excluding hydrogens is 311 g/mol. The Balaban J connectivity index is 0.000000220. The van der Waals surface area contributed by atoms with Crippen LogP contribution in [0.3, 0.4) is 0 Å². The minimum Gasteiger partial charge on any atom is -0.338 e. The van der Waals surface area contributed by atoms with Crippen LogP contribution in [0.4, 0.5) is 0 Å². The van der Waals surface area contributed by atoms with E-state index in [-0.39, 0.29) is 32.7 Å². The van der Waals surface area contributed by atoms with Crippen molar-refractivity contribution in [2.45, 2.75) is 26.3 Å². The molecule has 2 aliphatic rings. The first-order valence-corrected chi connectivity index (χ1v) is 6.79. The monoisotopic (exact) mass is 335 g/mol. The second kappa shape index (κ2) is 8.46. The third-order valence-corrected chi connectivity index (χ3v) is 3.69. The molecule has 0 N–H and O–H groups in total. The zero-order valence-electron chi connectivity index (χ0n) is 12.4. The van der Waals surface area contributed by atoms with Crippen LogP contribution in [0.1, 0.15) is 23.2 Å². The predicted molar refractivity (Wildman–Crippen MR) is 75.4 cm³/mol. The molecule has 3 nitrogen and oxygen atoms in total. The molecule has 3 rings (SSSR count). The van der Waals surface area contributed by atoms with E-state index in [1.54, 1.807) is 0 Å². The molecule has 1 saturated heterocycles. The molecule has 2 aliphatic heterocycles. The second-order valence-corrected chi connectivity index (χ2v) is 5.38. The van der Waals surface area contributed by atoms with Gasteiger partial charge in [-0.3, -0.25) is 4.98 Å². The number of nitrogens with zero attached hydrogens (tertiary/aromatic N) is 3. The van der Waals surface area contributed by atoms with Gasteiger partial charge < -0.3 is 16.2 Å². The van der Waals surface area contributed by atoms with Gasteiger partial charge in [0.25, 0.3) is 0 Å². The molecule has 3 heterocycles. The Morgan fingerprint density at radius 1 is 1.21 bits per heavy atom. The number of fused-ring (bicyclic) bond motifs is 1. The maximum atomic E-state index is 4.39. The van der Waals surface area contributed by atoms with Gasteiger partial charge in [0.2, 0.25) is 0 Å². The van der Waals surface area contributed by atoms with Crippen molar-refractivity contribution in [1.29, 1.82) is 0 Å². The van der Waals surface area contributed by atoms with E-state index in [1.165, 1.54) is 36.3 Å². The largest absolute Gasteiger partial charge is 0.338 e. The third kappa shape index (κ3) is 5.22. The van der Waals surface area contributed by atoms with Crippen LogP contribution in [0.25, 0.3) is 0 Å². The van der Waals surface area contributed by atoms with Crippen LogP contribution in [0, 0.1) is 13.3 Å². The molecule has 0 saturated carbocycles. The standard InChI is InChI=1S/C10H14N2.C5H10N.Y/c1-8-3-5-11-10-4-6-12(2)7-9(8)10;1-6-4-2-3-5-6;/h3,5H,4,6-7H2,1-2H3;2H,3-5H2,1H3;/q;-1;. The number of pyridine rings is 1. The van der Waals surface area contributed by atoms with Crippen molar-refractivity contribution >= 4 is 0 Å². The molecule has 0 unspecified atom stereocenters. The van der Waals surface area contributed by atoms with Gasteiger partial charge >= 0.3 is 0 Å². The Bertz CT molecular complexity index is 389. The van der Waals surface area contributed by atoms with Gasteiger partial charge in [0, 0.05) is 64.1 Å². The van der Waals surface area contributed by atoms with Gasteiger partial charge in [0.05, 0.1) is 0 Å². The van der Waals surface area contributed by atoms with E-state index in [0.717, 1.165) is 19.5 Å². The Hall–Kier alpha value is 0.174. The summed E-state index contributed by atoms with van der Waals surface area (Å²) in [6.07, 6.45) is 6.61. The fraction of sp³-hybridized carbons (Fsp3) is 0.600. The zero-order valence-corrected chi connectivity index (χ0v) is 15.2. The summed E-state index contributed by atoms with van der Waals surface area (Å²) >= 11 is 0. The number of likely N-dealkylation sites (tertiary alicyclic amines) is 1. The summed E-state index contributed by atoms with van der Waals surface area (Å²) in [5.74, 6) is 0. The predicted octanol–water partition coefficient (Wildman–Crippen LogP) is 1.90. The molecule has 1 radical (unpaired) electrons. The molecule has 0 amide bonds. The van der Waals surface area contributed by atoms with Gasteiger partial charge in [-0.1, -0.05) is 0 Å². The molecule has 4 heteroatoms. The van der Waals surface area contributed by atoms with Crippen molar-refractivity contribution in [2.75, 3.05) is 33.7 Å². The van der Waals surface area contributed by atoms with Gasteiger partial charge in [-0.2, -0.15) is 6.42 Å². The van der Waals surface area contributed by atoms with E-state index < -0.39 is 0 Å². The fourth-order valence-electron chi connectivity index (χ4n) is 2.44. The van der Waals surface area contributed by atoms with Crippen molar-refractivity contribution in [1.82, 2.24) is 14.8 Å². The number of aromatic nitrogens is 1. The van der Waals surface area contributed by atoms with E-state index in [9.17, 15) is 0 Å². The van der Waals surface area contributed by atoms with E-state index in [4.69, 9.17) is 0 Å². The maximum Gasteiger partial charge on any atom is 0.0463 e. The minimum atomic E-state index is 0. The number of likely N-dealkylation sites (N-methyl/N-ethyl adjacent to an activating group) is 1. The molecule has 19 heavy (non-hydrogen) atoms. The molecule has 1 aromatic rings. The SMILES string of the molecule is CN1C[CH-]CC1.Cc1ccnc2c1CN(C)CC2.[Y]. The van der Waals surface area contributed by atoms with Crippen molar-refractivity contribution in [3.05, 3.63) is 35.5 Å². The molecule has 0 bridgehead atoms. The first-order valence-electron chi connectivity index (χ1n) is 6.79. The van der Waals surface area contributed by atoms with Crippen LogP contribution in [0.2, 0.25) is 0 Å². The fourth-order valence-corrected chi connectivity index (χ4v) is 2.44. The van der Waals surface area contributed by atoms with Crippen molar-refractivity contribution in [2.24, 2.45) is 0 Å². The van der Waals surface area contributed by atoms with E-state index in [1.807, 2.05) is 6.20 Å². The molecule has 0 aliphatic carbocycles. The van der Waals surface area contributed by atoms with Gasteiger partial charge in [0.1, 0.15) is 0 Å². The summed E-state index contributed by atoms with van der Waals surface area (Å²) in [4.78, 5) is 9.04. The van der Waals surface area contributed by atoms with Gasteiger partial charge in [-0.25, -0.2) is 0 Å². The second-order valence-electron chi connectivity index (χ2n) is 5.38. The van der Waals surface area contributed by atoms with Crippen molar-refractivity contribution in [3.63, 3.8) is 0 Å². The Morgan fingerprint density at radius 2 is 2.00 bits per heavy atom. The van der Waals surface area contributed by atoms with Crippen LogP contribution in [0.5, 0.6) is 0 Å². The van der Waals surface area contributed by atoms with Crippen molar-refractivity contribution in [3.8, 4) is 0 Å². The Labute approximate surface area is 142 Å². The third-order valence-electron chi connectivity index (χ3n) is 3.69. The molecule has 103 valence electrons. The molecular formula is C15H24N3Y-. The molecule has 0 spiro atoms. The average Bonchev–Trinajstić information content (AvgIpc) is 2.82. The molecule has 0 aromatic carbocycles. The van der Waals surface area contributed by atoms with E-state index in [0.29, 0.717) is 0 Å². The van der Waals surface area contributed by atoms with Crippen molar-refractivity contribution < 1.29 is 32.7 Å². The summed E-state index contributed by atoms with van der Waals surface area (Å²) in [7, 11) is 4.30. The summed E-state index contributed by atoms with van der Waals surface area (Å²) < 4.78 is 0. The van der Waals surface area contributed by atoms with Crippen LogP contribution in [-0.2, 0) is 45.7 Å². The first-order chi connectivity index (χ1) is 8.66. The summed E-state index contributed by atoms with van der Waals surface area (Å²) in [6, 6.07) is 2.10. The number of aryl methyl sites for hydroxylation is 1. The summed E-state index contributed by atoms with van der Waals surface area (Å²) in [5.41, 5.74) is 4.12. The number of rotatable bonds is 0. The Morgan fingerprint density at radius 3 is 2.58 bits per heavy atom. The summed E-state index contributed by atoms with van der Waals surface area (Å²) in [6.45, 7) is 6.83. The normalized spacial score (nSPS) is 19.1. The van der Waals surface area contributed by atoms with Gasteiger partial charge in [-0.05, 0) is 44.8 Å². The van der Waals surface area contributed by atoms with Gasteiger partial charge in [0.15, 0.2) is 0 Å². The molecule has 0 atom stereocenters. The topological polar surface area (TPSA) is 19.4 Å². The smallest absolute Gasteiger partial charge is 0.0463 e. The van der Waals surface area contributed by atoms with Crippen LogP contribution in [0.15, 0.2) is 12.3 Å². The maximum absolute atomic E-state index is 4.39. The van der Waals surface area contributed by atoms with Gasteiger partial charge in [-0.15, -0.1) is 6.54 Å². The Kier molecular flexibility index (Phi) is 7.67. The van der Waals surface area contributed by atoms with Crippen LogP contribution < -0.4 is 0 Å². The van der Waals surface area contributed by atoms with Crippen LogP contribution in [-0.4, -0.2) is 48.5 Å². The quantitative estimate of drug-likeness (QED) is 0.675. The zero-order chi connectivity index (χ0) is 13.0. The number of hydrogen-bond donors (Lipinski definition) is 0. The minimum absolute atomic E-state index is 0. The summed E-state index contributed by atoms with van der Waals surface area (Å²) in [5, 5.41) is 0. The number of hydrogen-bond acceptors (Lipinski definition) is 3. The first kappa shape index (κ1) is 17.2. The molecule has 1 fully saturated rings. The van der Waals surface area contributed by atoms with Crippen LogP contribution >= 0.6 is 0 Å². The average molecular weight is 335 g/mol. The molecule has 1 aromatic heterocycles.